The number of carbonyl (C=O) groups excluding carboxylic acids is 1. The summed E-state index contributed by atoms with van der Waals surface area (Å²) in [6.07, 6.45) is 2.34. The third-order valence-corrected chi connectivity index (χ3v) is 4.49. The number of amides is 2. The van der Waals surface area contributed by atoms with Crippen LogP contribution in [0.25, 0.3) is 0 Å². The minimum atomic E-state index is -1.02. The summed E-state index contributed by atoms with van der Waals surface area (Å²) in [7, 11) is 0. The van der Waals surface area contributed by atoms with Crippen molar-refractivity contribution in [1.82, 2.24) is 10.5 Å². The lowest BCUT2D eigenvalue weighted by Gasteiger charge is -2.43. The second kappa shape index (κ2) is 6.22. The Labute approximate surface area is 138 Å². The Morgan fingerprint density at radius 2 is 2.00 bits per heavy atom. The van der Waals surface area contributed by atoms with Gasteiger partial charge in [-0.1, -0.05) is 18.1 Å². The molecule has 2 amide bonds. The van der Waals surface area contributed by atoms with E-state index in [-0.39, 0.29) is 5.56 Å². The minimum Gasteiger partial charge on any atom is -0.359 e. The molecule has 128 valence electrons. The van der Waals surface area contributed by atoms with Crippen molar-refractivity contribution in [3.05, 3.63) is 46.9 Å². The van der Waals surface area contributed by atoms with E-state index in [1.54, 1.807) is 6.92 Å². The number of benzene rings is 1. The van der Waals surface area contributed by atoms with Gasteiger partial charge in [-0.15, -0.1) is 0 Å². The molecule has 7 heteroatoms. The largest absolute Gasteiger partial charge is 0.359 e. The molecule has 5 nitrogen and oxygen atoms in total. The van der Waals surface area contributed by atoms with E-state index in [1.165, 1.54) is 18.2 Å². The molecule has 1 aliphatic rings. The summed E-state index contributed by atoms with van der Waals surface area (Å²) in [5.74, 6) is -0.738. The Bertz CT molecular complexity index is 749. The molecule has 1 aliphatic carbocycles. The normalized spacial score (nSPS) is 15.7. The van der Waals surface area contributed by atoms with Crippen LogP contribution in [0.1, 0.15) is 43.2 Å². The van der Waals surface area contributed by atoms with Crippen LogP contribution >= 0.6 is 0 Å². The zero-order valence-corrected chi connectivity index (χ0v) is 13.6. The van der Waals surface area contributed by atoms with Crippen LogP contribution in [0.3, 0.4) is 0 Å². The van der Waals surface area contributed by atoms with Crippen LogP contribution in [0.4, 0.5) is 19.3 Å². The Balaban J connectivity index is 1.83. The highest BCUT2D eigenvalue weighted by Crippen LogP contribution is 2.43. The summed E-state index contributed by atoms with van der Waals surface area (Å²) in [6.45, 7) is 3.60. The van der Waals surface area contributed by atoms with Gasteiger partial charge in [0.2, 0.25) is 0 Å². The zero-order valence-electron chi connectivity index (χ0n) is 13.6. The Kier molecular flexibility index (Phi) is 4.26. The fraction of sp³-hybridized carbons (Fsp3) is 0.412. The van der Waals surface area contributed by atoms with E-state index < -0.39 is 23.2 Å². The lowest BCUT2D eigenvalue weighted by atomic mass is 9.71. The second-order valence-electron chi connectivity index (χ2n) is 6.03. The maximum atomic E-state index is 14.1. The molecule has 1 heterocycles. The monoisotopic (exact) mass is 335 g/mol. The van der Waals surface area contributed by atoms with Gasteiger partial charge < -0.3 is 15.2 Å². The number of anilines is 1. The highest BCUT2D eigenvalue weighted by molar-refractivity contribution is 5.91. The van der Waals surface area contributed by atoms with Gasteiger partial charge in [0.15, 0.2) is 5.76 Å². The van der Waals surface area contributed by atoms with Gasteiger partial charge in [0.1, 0.15) is 23.0 Å². The van der Waals surface area contributed by atoms with Gasteiger partial charge in [-0.25, -0.2) is 13.6 Å². The van der Waals surface area contributed by atoms with Gasteiger partial charge in [-0.3, -0.25) is 0 Å². The van der Waals surface area contributed by atoms with Crippen LogP contribution in [-0.2, 0) is 12.0 Å². The van der Waals surface area contributed by atoms with Crippen LogP contribution < -0.4 is 10.6 Å². The molecular formula is C17H19F2N3O2. The van der Waals surface area contributed by atoms with Gasteiger partial charge in [-0.05, 0) is 38.3 Å². The van der Waals surface area contributed by atoms with Gasteiger partial charge >= 0.3 is 6.03 Å². The Morgan fingerprint density at radius 3 is 2.54 bits per heavy atom. The van der Waals surface area contributed by atoms with Crippen molar-refractivity contribution in [1.29, 1.82) is 0 Å². The Morgan fingerprint density at radius 1 is 1.33 bits per heavy atom. The van der Waals surface area contributed by atoms with Crippen LogP contribution in [0.2, 0.25) is 0 Å². The van der Waals surface area contributed by atoms with Crippen molar-refractivity contribution in [3.63, 3.8) is 0 Å². The predicted molar refractivity (Wildman–Crippen MR) is 84.7 cm³/mol. The van der Waals surface area contributed by atoms with Gasteiger partial charge in [0.05, 0.1) is 5.54 Å². The molecule has 0 spiro atoms. The molecular weight excluding hydrogens is 316 g/mol. The summed E-state index contributed by atoms with van der Waals surface area (Å²) in [4.78, 5) is 12.4. The topological polar surface area (TPSA) is 67.2 Å². The lowest BCUT2D eigenvalue weighted by molar-refractivity contribution is 0.175. The molecule has 1 fully saturated rings. The van der Waals surface area contributed by atoms with Crippen molar-refractivity contribution < 1.29 is 18.1 Å². The van der Waals surface area contributed by atoms with Crippen LogP contribution in [0, 0.1) is 18.6 Å². The van der Waals surface area contributed by atoms with Crippen LogP contribution in [0.15, 0.2) is 22.7 Å². The molecule has 0 unspecified atom stereocenters. The number of aromatic nitrogens is 1. The number of carbonyl (C=O) groups is 1. The van der Waals surface area contributed by atoms with E-state index in [0.29, 0.717) is 36.4 Å². The molecule has 2 aromatic rings. The van der Waals surface area contributed by atoms with Crippen molar-refractivity contribution >= 4 is 11.7 Å². The molecule has 2 N–H and O–H groups in total. The highest BCUT2D eigenvalue weighted by atomic mass is 19.1. The summed E-state index contributed by atoms with van der Waals surface area (Å²) in [6, 6.07) is 3.20. The first-order valence-electron chi connectivity index (χ1n) is 7.95. The maximum Gasteiger partial charge on any atom is 0.320 e. The van der Waals surface area contributed by atoms with Gasteiger partial charge in [0.25, 0.3) is 0 Å². The fourth-order valence-electron chi connectivity index (χ4n) is 3.10. The number of hydrogen-bond acceptors (Lipinski definition) is 3. The predicted octanol–water partition coefficient (Wildman–Crippen LogP) is 4.02. The smallest absolute Gasteiger partial charge is 0.320 e. The van der Waals surface area contributed by atoms with Crippen LogP contribution in [0.5, 0.6) is 0 Å². The minimum absolute atomic E-state index is 0.0795. The van der Waals surface area contributed by atoms with Crippen molar-refractivity contribution in [2.24, 2.45) is 0 Å². The molecule has 24 heavy (non-hydrogen) atoms. The van der Waals surface area contributed by atoms with E-state index >= 15 is 0 Å². The summed E-state index contributed by atoms with van der Waals surface area (Å²) >= 11 is 0. The number of nitrogens with zero attached hydrogens (tertiary/aromatic N) is 1. The average molecular weight is 335 g/mol. The first-order chi connectivity index (χ1) is 11.5. The first-order valence-corrected chi connectivity index (χ1v) is 7.95. The number of hydrogen-bond donors (Lipinski definition) is 2. The second-order valence-corrected chi connectivity index (χ2v) is 6.03. The number of aryl methyl sites for hydroxylation is 2. The molecule has 3 rings (SSSR count). The van der Waals surface area contributed by atoms with Crippen molar-refractivity contribution in [2.45, 2.75) is 45.1 Å². The number of rotatable bonds is 4. The number of urea groups is 1. The fourth-order valence-corrected chi connectivity index (χ4v) is 3.10. The SMILES string of the molecule is CCc1onc(C)c1NC(=O)NC1(c2c(F)cccc2F)CCC1. The Hall–Kier alpha value is -2.44. The van der Waals surface area contributed by atoms with E-state index in [2.05, 4.69) is 15.8 Å². The lowest BCUT2D eigenvalue weighted by Crippen LogP contribution is -2.53. The molecule has 0 radical (unpaired) electrons. The van der Waals surface area contributed by atoms with Gasteiger partial charge in [-0.2, -0.15) is 0 Å². The van der Waals surface area contributed by atoms with E-state index in [9.17, 15) is 13.6 Å². The summed E-state index contributed by atoms with van der Waals surface area (Å²) < 4.78 is 33.4. The third-order valence-electron chi connectivity index (χ3n) is 4.49. The standard InChI is InChI=1S/C17H19F2N3O2/c1-3-13-15(10(2)22-24-13)20-16(23)21-17(8-5-9-17)14-11(18)6-4-7-12(14)19/h4,6-7H,3,5,8-9H2,1-2H3,(H2,20,21,23). The van der Waals surface area contributed by atoms with Crippen molar-refractivity contribution in [2.75, 3.05) is 5.32 Å². The van der Waals surface area contributed by atoms with E-state index in [0.717, 1.165) is 6.42 Å². The maximum absolute atomic E-state index is 14.1. The first kappa shape index (κ1) is 16.4. The molecule has 1 saturated carbocycles. The molecule has 0 bridgehead atoms. The molecule has 0 atom stereocenters. The summed E-state index contributed by atoms with van der Waals surface area (Å²) in [5, 5.41) is 9.26. The molecule has 0 saturated heterocycles. The molecule has 1 aromatic heterocycles. The van der Waals surface area contributed by atoms with Gasteiger partial charge in [0, 0.05) is 12.0 Å². The summed E-state index contributed by atoms with van der Waals surface area (Å²) in [5.41, 5.74) is -0.0406. The number of nitrogens with one attached hydrogen (secondary N) is 2. The third kappa shape index (κ3) is 2.74. The number of halogens is 2. The quantitative estimate of drug-likeness (QED) is 0.886. The molecule has 0 aliphatic heterocycles. The van der Waals surface area contributed by atoms with E-state index in [1.807, 2.05) is 6.92 Å². The zero-order chi connectivity index (χ0) is 17.3. The van der Waals surface area contributed by atoms with Crippen LogP contribution in [-0.4, -0.2) is 11.2 Å². The average Bonchev–Trinajstić information content (AvgIpc) is 2.84. The molecule has 1 aromatic carbocycles. The van der Waals surface area contributed by atoms with Crippen molar-refractivity contribution in [3.8, 4) is 0 Å². The highest BCUT2D eigenvalue weighted by Gasteiger charge is 2.44. The van der Waals surface area contributed by atoms with E-state index in [4.69, 9.17) is 4.52 Å².